The van der Waals surface area contributed by atoms with Gasteiger partial charge in [0, 0.05) is 18.7 Å². The number of benzene rings is 2. The van der Waals surface area contributed by atoms with E-state index < -0.39 is 0 Å². The molecule has 1 saturated carbocycles. The number of halogens is 1. The van der Waals surface area contributed by atoms with Crippen LogP contribution in [0.1, 0.15) is 17.5 Å². The van der Waals surface area contributed by atoms with Gasteiger partial charge in [-0.2, -0.15) is 0 Å². The molecule has 2 atom stereocenters. The van der Waals surface area contributed by atoms with Crippen LogP contribution in [0.2, 0.25) is 0 Å². The first-order valence-corrected chi connectivity index (χ1v) is 8.79. The smallest absolute Gasteiger partial charge is 0.231 e. The van der Waals surface area contributed by atoms with Crippen molar-refractivity contribution in [1.82, 2.24) is 10.6 Å². The fourth-order valence-electron chi connectivity index (χ4n) is 3.10. The molecule has 0 aromatic heterocycles. The van der Waals surface area contributed by atoms with E-state index in [2.05, 4.69) is 10.6 Å². The molecule has 7 heteroatoms. The summed E-state index contributed by atoms with van der Waals surface area (Å²) in [5, 5.41) is 5.54. The summed E-state index contributed by atoms with van der Waals surface area (Å²) in [6.45, 7) is 0.681. The lowest BCUT2D eigenvalue weighted by molar-refractivity contribution is -0.127. The standard InChI is InChI=1S/C20H19FN2O4/c21-16-4-2-1-3-13(16)10-23-20(25)15-8-14(15)19(24)22-9-12-5-6-17-18(7-12)27-11-26-17/h1-7,14-15H,8-11H2,(H,22,24)(H,23,25). The average molecular weight is 370 g/mol. The Bertz CT molecular complexity index is 886. The molecule has 0 radical (unpaired) electrons. The van der Waals surface area contributed by atoms with Gasteiger partial charge in [-0.1, -0.05) is 24.3 Å². The highest BCUT2D eigenvalue weighted by Crippen LogP contribution is 2.39. The number of carbonyl (C=O) groups excluding carboxylic acids is 2. The Balaban J connectivity index is 1.24. The SMILES string of the molecule is O=C(NCc1ccc2c(c1)OCO2)C1CC1C(=O)NCc1ccccc1F. The minimum Gasteiger partial charge on any atom is -0.454 e. The second-order valence-electron chi connectivity index (χ2n) is 6.66. The highest BCUT2D eigenvalue weighted by Gasteiger charge is 2.47. The number of nitrogens with one attached hydrogen (secondary N) is 2. The molecule has 2 aromatic rings. The largest absolute Gasteiger partial charge is 0.454 e. The molecular weight excluding hydrogens is 351 g/mol. The van der Waals surface area contributed by atoms with Crippen LogP contribution >= 0.6 is 0 Å². The van der Waals surface area contributed by atoms with Crippen molar-refractivity contribution in [1.29, 1.82) is 0 Å². The molecule has 0 spiro atoms. The van der Waals surface area contributed by atoms with Gasteiger partial charge in [0.1, 0.15) is 5.82 Å². The predicted molar refractivity (Wildman–Crippen MR) is 94.3 cm³/mol. The van der Waals surface area contributed by atoms with Gasteiger partial charge in [0.15, 0.2) is 11.5 Å². The predicted octanol–water partition coefficient (Wildman–Crippen LogP) is 2.12. The summed E-state index contributed by atoms with van der Waals surface area (Å²) in [6.07, 6.45) is 0.510. The first-order valence-electron chi connectivity index (χ1n) is 8.79. The van der Waals surface area contributed by atoms with E-state index in [9.17, 15) is 14.0 Å². The van der Waals surface area contributed by atoms with Crippen molar-refractivity contribution in [3.63, 3.8) is 0 Å². The summed E-state index contributed by atoms with van der Waals surface area (Å²) in [7, 11) is 0. The molecule has 0 saturated heterocycles. The third kappa shape index (κ3) is 3.86. The van der Waals surface area contributed by atoms with Crippen molar-refractivity contribution in [3.05, 3.63) is 59.4 Å². The number of amides is 2. The molecule has 4 rings (SSSR count). The Morgan fingerprint density at radius 3 is 2.44 bits per heavy atom. The molecule has 2 amide bonds. The monoisotopic (exact) mass is 370 g/mol. The van der Waals surface area contributed by atoms with Crippen LogP contribution in [0.15, 0.2) is 42.5 Å². The summed E-state index contributed by atoms with van der Waals surface area (Å²) in [4.78, 5) is 24.4. The van der Waals surface area contributed by atoms with Gasteiger partial charge in [0.25, 0.3) is 0 Å². The van der Waals surface area contributed by atoms with Crippen molar-refractivity contribution in [2.75, 3.05) is 6.79 Å². The molecule has 1 fully saturated rings. The third-order valence-electron chi connectivity index (χ3n) is 4.78. The van der Waals surface area contributed by atoms with Gasteiger partial charge < -0.3 is 20.1 Å². The van der Waals surface area contributed by atoms with Gasteiger partial charge in [0.2, 0.25) is 18.6 Å². The Labute approximate surface area is 155 Å². The Morgan fingerprint density at radius 2 is 1.67 bits per heavy atom. The number of rotatable bonds is 6. The van der Waals surface area contributed by atoms with Crippen molar-refractivity contribution >= 4 is 11.8 Å². The lowest BCUT2D eigenvalue weighted by Gasteiger charge is -2.07. The lowest BCUT2D eigenvalue weighted by Crippen LogP contribution is -2.29. The second-order valence-corrected chi connectivity index (χ2v) is 6.66. The van der Waals surface area contributed by atoms with Crippen molar-refractivity contribution in [3.8, 4) is 11.5 Å². The maximum absolute atomic E-state index is 13.6. The molecule has 2 unspecified atom stereocenters. The van der Waals surface area contributed by atoms with E-state index >= 15 is 0 Å². The normalized spacial score (nSPS) is 19.4. The minimum atomic E-state index is -0.355. The number of carbonyl (C=O) groups is 2. The summed E-state index contributed by atoms with van der Waals surface area (Å²) in [5.41, 5.74) is 1.32. The van der Waals surface area contributed by atoms with E-state index in [0.717, 1.165) is 5.56 Å². The summed E-state index contributed by atoms with van der Waals surface area (Å²) < 4.78 is 24.1. The minimum absolute atomic E-state index is 0.119. The molecule has 1 aliphatic heterocycles. The van der Waals surface area contributed by atoms with E-state index in [1.165, 1.54) is 6.07 Å². The molecule has 2 N–H and O–H groups in total. The highest BCUT2D eigenvalue weighted by molar-refractivity contribution is 5.92. The van der Waals surface area contributed by atoms with Crippen LogP contribution in [0.25, 0.3) is 0 Å². The van der Waals surface area contributed by atoms with Gasteiger partial charge in [-0.05, 0) is 30.2 Å². The summed E-state index contributed by atoms with van der Waals surface area (Å²) >= 11 is 0. The maximum Gasteiger partial charge on any atom is 0.231 e. The molecule has 6 nitrogen and oxygen atoms in total. The van der Waals surface area contributed by atoms with E-state index in [4.69, 9.17) is 9.47 Å². The Morgan fingerprint density at radius 1 is 0.963 bits per heavy atom. The first kappa shape index (κ1) is 17.3. The zero-order chi connectivity index (χ0) is 18.8. The Hall–Kier alpha value is -3.09. The van der Waals surface area contributed by atoms with Gasteiger partial charge in [-0.15, -0.1) is 0 Å². The zero-order valence-electron chi connectivity index (χ0n) is 14.5. The number of fused-ring (bicyclic) bond motifs is 1. The molecule has 0 bridgehead atoms. The topological polar surface area (TPSA) is 76.7 Å². The molecule has 1 aliphatic carbocycles. The molecule has 2 aliphatic rings. The first-order chi connectivity index (χ1) is 13.1. The van der Waals surface area contributed by atoms with Crippen molar-refractivity contribution in [2.45, 2.75) is 19.5 Å². The van der Waals surface area contributed by atoms with E-state index in [-0.39, 0.29) is 42.8 Å². The van der Waals surface area contributed by atoms with E-state index in [1.807, 2.05) is 12.1 Å². The van der Waals surface area contributed by atoms with Crippen LogP contribution in [-0.4, -0.2) is 18.6 Å². The second kappa shape index (κ2) is 7.26. The van der Waals surface area contributed by atoms with Crippen molar-refractivity contribution in [2.24, 2.45) is 11.8 Å². The average Bonchev–Trinajstić information content (AvgIpc) is 3.35. The molecule has 1 heterocycles. The molecular formula is C20H19FN2O4. The molecule has 140 valence electrons. The van der Waals surface area contributed by atoms with Gasteiger partial charge in [0.05, 0.1) is 11.8 Å². The zero-order valence-corrected chi connectivity index (χ0v) is 14.5. The van der Waals surface area contributed by atoms with Crippen LogP contribution in [0.3, 0.4) is 0 Å². The highest BCUT2D eigenvalue weighted by atomic mass is 19.1. The Kier molecular flexibility index (Phi) is 4.66. The van der Waals surface area contributed by atoms with Gasteiger partial charge >= 0.3 is 0 Å². The fourth-order valence-corrected chi connectivity index (χ4v) is 3.10. The van der Waals surface area contributed by atoms with E-state index in [0.29, 0.717) is 30.0 Å². The van der Waals surface area contributed by atoms with Gasteiger partial charge in [-0.25, -0.2) is 4.39 Å². The third-order valence-corrected chi connectivity index (χ3v) is 4.78. The fraction of sp³-hybridized carbons (Fsp3) is 0.300. The van der Waals surface area contributed by atoms with Crippen LogP contribution in [0.5, 0.6) is 11.5 Å². The van der Waals surface area contributed by atoms with Crippen LogP contribution < -0.4 is 20.1 Å². The molecule has 2 aromatic carbocycles. The molecule has 27 heavy (non-hydrogen) atoms. The number of ether oxygens (including phenoxy) is 2. The van der Waals surface area contributed by atoms with Crippen molar-refractivity contribution < 1.29 is 23.5 Å². The number of hydrogen-bond donors (Lipinski definition) is 2. The van der Waals surface area contributed by atoms with Crippen LogP contribution in [-0.2, 0) is 22.7 Å². The summed E-state index contributed by atoms with van der Waals surface area (Å²) in [6, 6.07) is 11.8. The maximum atomic E-state index is 13.6. The van der Waals surface area contributed by atoms with Gasteiger partial charge in [-0.3, -0.25) is 9.59 Å². The van der Waals surface area contributed by atoms with Crippen LogP contribution in [0, 0.1) is 17.7 Å². The quantitative estimate of drug-likeness (QED) is 0.817. The van der Waals surface area contributed by atoms with E-state index in [1.54, 1.807) is 24.3 Å². The van der Waals surface area contributed by atoms with Crippen LogP contribution in [0.4, 0.5) is 4.39 Å². The number of hydrogen-bond acceptors (Lipinski definition) is 4. The lowest BCUT2D eigenvalue weighted by atomic mass is 10.2. The summed E-state index contributed by atoms with van der Waals surface area (Å²) in [5.74, 6) is -0.0580.